The second-order valence-corrected chi connectivity index (χ2v) is 9.48. The minimum absolute atomic E-state index is 0.148. The fourth-order valence-electron chi connectivity index (χ4n) is 5.76. The molecule has 4 saturated heterocycles. The van der Waals surface area contributed by atoms with Crippen LogP contribution in [0.3, 0.4) is 0 Å². The first-order valence-corrected chi connectivity index (χ1v) is 12.1. The molecule has 1 unspecified atom stereocenters. The molecule has 4 amide bonds. The van der Waals surface area contributed by atoms with Crippen molar-refractivity contribution in [1.29, 1.82) is 0 Å². The summed E-state index contributed by atoms with van der Waals surface area (Å²) < 4.78 is 12.2. The molecule has 2 N–H and O–H groups in total. The van der Waals surface area contributed by atoms with Gasteiger partial charge in [0, 0.05) is 20.1 Å². The van der Waals surface area contributed by atoms with Gasteiger partial charge in [0.05, 0.1) is 48.1 Å². The van der Waals surface area contributed by atoms with Gasteiger partial charge in [0.15, 0.2) is 0 Å². The molecule has 4 fully saturated rings. The number of hydrogen-bond acceptors (Lipinski definition) is 7. The van der Waals surface area contributed by atoms with Crippen LogP contribution in [0.4, 0.5) is 0 Å². The van der Waals surface area contributed by atoms with Crippen molar-refractivity contribution in [2.75, 3.05) is 20.1 Å². The summed E-state index contributed by atoms with van der Waals surface area (Å²) in [7, 11) is 1.47. The quantitative estimate of drug-likeness (QED) is 0.442. The van der Waals surface area contributed by atoms with E-state index in [1.807, 2.05) is 42.5 Å². The van der Waals surface area contributed by atoms with E-state index in [4.69, 9.17) is 15.2 Å². The molecule has 0 spiro atoms. The predicted molar refractivity (Wildman–Crippen MR) is 130 cm³/mol. The van der Waals surface area contributed by atoms with Crippen LogP contribution < -0.4 is 5.73 Å². The van der Waals surface area contributed by atoms with Crippen molar-refractivity contribution in [1.82, 2.24) is 9.80 Å². The summed E-state index contributed by atoms with van der Waals surface area (Å²) in [5.74, 6) is -3.87. The van der Waals surface area contributed by atoms with E-state index >= 15 is 0 Å². The Bertz CT molecular complexity index is 1150. The summed E-state index contributed by atoms with van der Waals surface area (Å²) in [6, 6.07) is 9.60. The van der Waals surface area contributed by atoms with Crippen molar-refractivity contribution >= 4 is 29.7 Å². The Morgan fingerprint density at radius 2 is 1.31 bits per heavy atom. The smallest absolute Gasteiger partial charge is 0.236 e. The molecule has 0 aliphatic carbocycles. The van der Waals surface area contributed by atoms with Gasteiger partial charge in [-0.15, -0.1) is 6.58 Å². The van der Waals surface area contributed by atoms with Gasteiger partial charge in [0.1, 0.15) is 0 Å². The van der Waals surface area contributed by atoms with Crippen molar-refractivity contribution in [3.05, 3.63) is 66.8 Å². The van der Waals surface area contributed by atoms with Crippen LogP contribution in [0.5, 0.6) is 0 Å². The third kappa shape index (κ3) is 3.84. The fraction of sp³-hybridized carbons (Fsp3) is 0.407. The normalized spacial score (nSPS) is 36.1. The first-order valence-electron chi connectivity index (χ1n) is 12.1. The lowest BCUT2D eigenvalue weighted by Gasteiger charge is -2.19. The van der Waals surface area contributed by atoms with Crippen molar-refractivity contribution in [3.63, 3.8) is 0 Å². The summed E-state index contributed by atoms with van der Waals surface area (Å²) in [5.41, 5.74) is 6.59. The summed E-state index contributed by atoms with van der Waals surface area (Å²) in [6.45, 7) is 4.06. The van der Waals surface area contributed by atoms with Crippen LogP contribution in [0, 0.1) is 23.7 Å². The molecule has 9 nitrogen and oxygen atoms in total. The summed E-state index contributed by atoms with van der Waals surface area (Å²) >= 11 is 0. The molecule has 36 heavy (non-hydrogen) atoms. The van der Waals surface area contributed by atoms with Crippen LogP contribution in [-0.4, -0.2) is 78.0 Å². The van der Waals surface area contributed by atoms with E-state index in [9.17, 15) is 19.2 Å². The average molecular weight is 492 g/mol. The number of carbonyl (C=O) groups excluding carboxylic acids is 4. The molecular formula is C27H29N3O6. The summed E-state index contributed by atoms with van der Waals surface area (Å²) in [5, 5.41) is 0. The first kappa shape index (κ1) is 24.3. The molecule has 9 heteroatoms. The maximum Gasteiger partial charge on any atom is 0.236 e. The van der Waals surface area contributed by atoms with Crippen LogP contribution in [0.2, 0.25) is 0 Å². The lowest BCUT2D eigenvalue weighted by atomic mass is 9.87. The SMILES string of the molecule is C=C[C@H]1OC(/C=C\[C@H]2O[C@@H](C=Cc3ccccc3)[C@@H]3C(=O)N(CCN)C(=O)[C@@H]32)[C@@H]2C(=O)N(C)C(=O)[C@H]12. The molecule has 0 saturated carbocycles. The highest BCUT2D eigenvalue weighted by molar-refractivity contribution is 6.07. The minimum Gasteiger partial charge on any atom is -0.365 e. The van der Waals surface area contributed by atoms with Gasteiger partial charge in [-0.05, 0) is 5.56 Å². The zero-order valence-electron chi connectivity index (χ0n) is 19.9. The molecule has 0 bridgehead atoms. The highest BCUT2D eigenvalue weighted by Crippen LogP contribution is 2.44. The number of imide groups is 2. The maximum atomic E-state index is 13.2. The van der Waals surface area contributed by atoms with Crippen LogP contribution in [-0.2, 0) is 28.7 Å². The zero-order valence-corrected chi connectivity index (χ0v) is 19.9. The number of nitrogens with zero attached hydrogens (tertiary/aromatic N) is 2. The Morgan fingerprint density at radius 1 is 0.806 bits per heavy atom. The Labute approximate surface area is 209 Å². The number of fused-ring (bicyclic) bond motifs is 2. The van der Waals surface area contributed by atoms with Crippen LogP contribution in [0.25, 0.3) is 6.08 Å². The van der Waals surface area contributed by atoms with Crippen LogP contribution in [0.1, 0.15) is 5.56 Å². The van der Waals surface area contributed by atoms with E-state index in [0.29, 0.717) is 0 Å². The Morgan fingerprint density at radius 3 is 1.86 bits per heavy atom. The van der Waals surface area contributed by atoms with Crippen molar-refractivity contribution in [2.45, 2.75) is 24.4 Å². The molecule has 1 aromatic rings. The number of nitrogens with two attached hydrogens (primary N) is 1. The minimum atomic E-state index is -0.707. The summed E-state index contributed by atoms with van der Waals surface area (Å²) in [6.07, 6.45) is 6.02. The number of likely N-dealkylation sites (tertiary alicyclic amines) is 2. The molecule has 5 rings (SSSR count). The molecule has 4 heterocycles. The molecule has 0 aromatic heterocycles. The Hall–Kier alpha value is -3.40. The van der Waals surface area contributed by atoms with E-state index in [1.165, 1.54) is 18.0 Å². The maximum absolute atomic E-state index is 13.2. The number of amides is 4. The lowest BCUT2D eigenvalue weighted by Crippen LogP contribution is -2.38. The van der Waals surface area contributed by atoms with Crippen molar-refractivity contribution in [2.24, 2.45) is 29.4 Å². The number of ether oxygens (including phenoxy) is 2. The molecule has 4 aliphatic rings. The zero-order chi connectivity index (χ0) is 25.6. The topological polar surface area (TPSA) is 119 Å². The van der Waals surface area contributed by atoms with Gasteiger partial charge in [0.25, 0.3) is 0 Å². The molecular weight excluding hydrogens is 462 g/mol. The Kier molecular flexibility index (Phi) is 6.46. The fourth-order valence-corrected chi connectivity index (χ4v) is 5.76. The second kappa shape index (κ2) is 9.57. The van der Waals surface area contributed by atoms with E-state index < -0.39 is 48.1 Å². The van der Waals surface area contributed by atoms with Crippen molar-refractivity contribution in [3.8, 4) is 0 Å². The van der Waals surface area contributed by atoms with Crippen LogP contribution >= 0.6 is 0 Å². The molecule has 1 aromatic carbocycles. The van der Waals surface area contributed by atoms with E-state index in [1.54, 1.807) is 12.2 Å². The van der Waals surface area contributed by atoms with Gasteiger partial charge in [-0.25, -0.2) is 0 Å². The standard InChI is InChI=1S/C27H29N3O6/c1-3-16-20-21(25(32)29(2)24(20)31)18(35-16)11-12-19-23-22(26(33)30(14-13-28)27(23)34)17(36-19)10-9-15-7-5-4-6-8-15/h3-12,16-23H,1,13-14,28H2,2H3/b10-9?,12-11-/t16-,17+,18?,19-,20-,21+,22+,23-/m1/s1. The monoisotopic (exact) mass is 491 g/mol. The third-order valence-electron chi connectivity index (χ3n) is 7.51. The van der Waals surface area contributed by atoms with Crippen molar-refractivity contribution < 1.29 is 28.7 Å². The third-order valence-corrected chi connectivity index (χ3v) is 7.51. The number of hydrogen-bond donors (Lipinski definition) is 1. The Balaban J connectivity index is 1.41. The highest BCUT2D eigenvalue weighted by atomic mass is 16.5. The second-order valence-electron chi connectivity index (χ2n) is 9.48. The van der Waals surface area contributed by atoms with Gasteiger partial charge < -0.3 is 15.2 Å². The van der Waals surface area contributed by atoms with Gasteiger partial charge >= 0.3 is 0 Å². The summed E-state index contributed by atoms with van der Waals surface area (Å²) in [4.78, 5) is 54.0. The first-order chi connectivity index (χ1) is 17.4. The average Bonchev–Trinajstić information content (AvgIpc) is 3.57. The molecule has 0 radical (unpaired) electrons. The number of rotatable bonds is 7. The van der Waals surface area contributed by atoms with E-state index in [0.717, 1.165) is 10.5 Å². The van der Waals surface area contributed by atoms with Gasteiger partial charge in [0.2, 0.25) is 23.6 Å². The van der Waals surface area contributed by atoms with Gasteiger partial charge in [-0.2, -0.15) is 0 Å². The molecule has 4 aliphatic heterocycles. The molecule has 188 valence electrons. The van der Waals surface area contributed by atoms with Gasteiger partial charge in [-0.3, -0.25) is 29.0 Å². The van der Waals surface area contributed by atoms with E-state index in [-0.39, 0.29) is 36.7 Å². The largest absolute Gasteiger partial charge is 0.365 e. The molecule has 8 atom stereocenters. The predicted octanol–water partition coefficient (Wildman–Crippen LogP) is 0.768. The van der Waals surface area contributed by atoms with E-state index in [2.05, 4.69) is 6.58 Å². The van der Waals surface area contributed by atoms with Crippen LogP contribution in [0.15, 0.2) is 61.2 Å². The van der Waals surface area contributed by atoms with Gasteiger partial charge in [-0.1, -0.05) is 60.7 Å². The number of carbonyl (C=O) groups is 4. The highest BCUT2D eigenvalue weighted by Gasteiger charge is 2.60. The lowest BCUT2D eigenvalue weighted by molar-refractivity contribution is -0.143. The number of benzene rings is 1.